The zero-order valence-corrected chi connectivity index (χ0v) is 48.0. The maximum atomic E-state index is 12.5. The fraction of sp³-hybridized carbons (Fsp3) is 0.837. The molecule has 1 atom stereocenters. The van der Waals surface area contributed by atoms with E-state index < -0.39 is 17.6 Å². The summed E-state index contributed by atoms with van der Waals surface area (Å²) in [6.45, 7) is 25.4. The van der Waals surface area contributed by atoms with Crippen molar-refractivity contribution in [2.24, 2.45) is 0 Å². The van der Waals surface area contributed by atoms with Crippen molar-refractivity contribution < 1.29 is 93.0 Å². The number of amides is 4. The predicted molar refractivity (Wildman–Crippen MR) is 283 cm³/mol. The number of benzene rings is 1. The smallest absolute Gasteiger partial charge is 0.487 e. The zero-order chi connectivity index (χ0) is 54.2. The molecule has 438 valence electrons. The van der Waals surface area contributed by atoms with E-state index in [0.717, 1.165) is 0 Å². The molecule has 26 heteroatoms. The Hall–Kier alpha value is -2.85. The van der Waals surface area contributed by atoms with E-state index in [1.807, 2.05) is 41.5 Å². The van der Waals surface area contributed by atoms with Gasteiger partial charge >= 0.3 is 29.7 Å². The van der Waals surface area contributed by atoms with Crippen molar-refractivity contribution in [3.05, 3.63) is 18.2 Å². The minimum Gasteiger partial charge on any atom is -0.487 e. The summed E-state index contributed by atoms with van der Waals surface area (Å²) in [6, 6.07) is 5.90. The Bertz CT molecular complexity index is 1470. The summed E-state index contributed by atoms with van der Waals surface area (Å²) in [5.41, 5.74) is 0.571. The number of fused-ring (bicyclic) bond motifs is 1. The molecule has 1 aromatic carbocycles. The van der Waals surface area contributed by atoms with Gasteiger partial charge in [-0.3, -0.25) is 0 Å². The van der Waals surface area contributed by atoms with E-state index in [9.17, 15) is 9.59 Å². The van der Waals surface area contributed by atoms with Crippen molar-refractivity contribution in [3.63, 3.8) is 0 Å². The van der Waals surface area contributed by atoms with E-state index in [-0.39, 0.29) is 18.2 Å². The molecule has 2 aliphatic heterocycles. The molecular weight excluding hydrogens is 1020 g/mol. The second kappa shape index (κ2) is 47.2. The van der Waals surface area contributed by atoms with Crippen molar-refractivity contribution in [1.82, 2.24) is 16.0 Å². The summed E-state index contributed by atoms with van der Waals surface area (Å²) in [4.78, 5) is 24.8. The Morgan fingerprint density at radius 1 is 0.453 bits per heavy atom. The number of urea groups is 2. The van der Waals surface area contributed by atoms with Gasteiger partial charge < -0.3 is 105 Å². The molecule has 0 spiro atoms. The third kappa shape index (κ3) is 35.3. The molecule has 0 aromatic heterocycles. The lowest BCUT2D eigenvalue weighted by molar-refractivity contribution is -0.0588. The average Bonchev–Trinajstić information content (AvgIpc) is 3.39. The fourth-order valence-corrected chi connectivity index (χ4v) is 12.2. The second-order valence-electron chi connectivity index (χ2n) is 16.0. The first-order valence-corrected chi connectivity index (χ1v) is 30.7. The number of hydrogen-bond acceptors (Lipinski definition) is 20. The van der Waals surface area contributed by atoms with Gasteiger partial charge in [0.2, 0.25) is 0 Å². The Morgan fingerprint density at radius 3 is 1.23 bits per heavy atom. The number of hydrogen-bond donors (Lipinski definition) is 4. The zero-order valence-electron chi connectivity index (χ0n) is 46.0. The number of nitrogens with one attached hydrogen (secondary N) is 4. The van der Waals surface area contributed by atoms with Gasteiger partial charge in [0.15, 0.2) is 11.5 Å². The molecular formula is C49H94N4O20Si2. The van der Waals surface area contributed by atoms with Crippen LogP contribution in [0.15, 0.2) is 18.2 Å². The molecule has 0 bridgehead atoms. The Balaban J connectivity index is 0.000000515. The lowest BCUT2D eigenvalue weighted by Gasteiger charge is -2.28. The topological polar surface area (TPSA) is 248 Å². The third-order valence-corrected chi connectivity index (χ3v) is 16.5. The van der Waals surface area contributed by atoms with Crippen molar-refractivity contribution in [3.8, 4) is 11.5 Å². The second-order valence-corrected chi connectivity index (χ2v) is 21.5. The van der Waals surface area contributed by atoms with Gasteiger partial charge in [0.05, 0.1) is 132 Å². The minimum absolute atomic E-state index is 0.272. The monoisotopic (exact) mass is 1110 g/mol. The van der Waals surface area contributed by atoms with Crippen LogP contribution in [-0.4, -0.2) is 234 Å². The van der Waals surface area contributed by atoms with Crippen LogP contribution in [0.3, 0.4) is 0 Å². The van der Waals surface area contributed by atoms with Crippen molar-refractivity contribution >= 4 is 35.4 Å². The van der Waals surface area contributed by atoms with Crippen LogP contribution in [0.2, 0.25) is 12.1 Å². The van der Waals surface area contributed by atoms with Crippen LogP contribution in [0.4, 0.5) is 15.3 Å². The van der Waals surface area contributed by atoms with Crippen molar-refractivity contribution in [2.45, 2.75) is 72.6 Å². The number of carbonyl (C=O) groups is 2. The third-order valence-electron chi connectivity index (χ3n) is 10.2. The highest BCUT2D eigenvalue weighted by Gasteiger charge is 2.40. The predicted octanol–water partition coefficient (Wildman–Crippen LogP) is 4.29. The number of rotatable bonds is 23. The van der Waals surface area contributed by atoms with E-state index >= 15 is 0 Å². The lowest BCUT2D eigenvalue weighted by Crippen LogP contribution is -2.47. The highest BCUT2D eigenvalue weighted by molar-refractivity contribution is 6.61. The van der Waals surface area contributed by atoms with Crippen LogP contribution in [0.5, 0.6) is 11.5 Å². The van der Waals surface area contributed by atoms with E-state index in [4.69, 9.17) is 83.4 Å². The van der Waals surface area contributed by atoms with Crippen molar-refractivity contribution in [1.29, 1.82) is 0 Å². The summed E-state index contributed by atoms with van der Waals surface area (Å²) in [7, 11) is -5.43. The van der Waals surface area contributed by atoms with Crippen molar-refractivity contribution in [2.75, 3.05) is 203 Å². The molecule has 24 nitrogen and oxygen atoms in total. The van der Waals surface area contributed by atoms with Gasteiger partial charge in [-0.15, -0.1) is 0 Å². The van der Waals surface area contributed by atoms with E-state index in [2.05, 4.69) is 21.3 Å². The molecule has 1 fully saturated rings. The summed E-state index contributed by atoms with van der Waals surface area (Å²) in [5.74, 6) is 1.05. The molecule has 4 N–H and O–H groups in total. The maximum Gasteiger partial charge on any atom is 0.500 e. The Kier molecular flexibility index (Phi) is 42.9. The molecule has 0 radical (unpaired) electrons. The van der Waals surface area contributed by atoms with Gasteiger partial charge in [0.25, 0.3) is 0 Å². The largest absolute Gasteiger partial charge is 0.500 e. The van der Waals surface area contributed by atoms with Gasteiger partial charge in [-0.05, 0) is 66.5 Å². The molecule has 3 rings (SSSR count). The molecule has 2 aliphatic rings. The maximum absolute atomic E-state index is 12.5. The highest BCUT2D eigenvalue weighted by Crippen LogP contribution is 2.31. The van der Waals surface area contributed by atoms with E-state index in [0.29, 0.717) is 240 Å². The van der Waals surface area contributed by atoms with Gasteiger partial charge in [0.1, 0.15) is 13.2 Å². The lowest BCUT2D eigenvalue weighted by atomic mass is 10.2. The van der Waals surface area contributed by atoms with E-state index in [1.165, 1.54) is 0 Å². The van der Waals surface area contributed by atoms with Crippen LogP contribution < -0.4 is 30.7 Å². The number of anilines is 1. The first-order valence-electron chi connectivity index (χ1n) is 26.9. The fourth-order valence-electron chi connectivity index (χ4n) is 7.00. The molecule has 0 aliphatic carbocycles. The summed E-state index contributed by atoms with van der Waals surface area (Å²) >= 11 is 0. The van der Waals surface area contributed by atoms with Crippen LogP contribution in [0, 0.1) is 0 Å². The Morgan fingerprint density at radius 2 is 0.813 bits per heavy atom. The summed E-state index contributed by atoms with van der Waals surface area (Å²) < 4.78 is 102. The molecule has 75 heavy (non-hydrogen) atoms. The van der Waals surface area contributed by atoms with Crippen LogP contribution in [0.1, 0.15) is 54.4 Å². The molecule has 0 saturated carbocycles. The number of ether oxygens (including phenoxy) is 12. The first-order chi connectivity index (χ1) is 36.8. The average molecular weight is 1120 g/mol. The molecule has 1 saturated heterocycles. The van der Waals surface area contributed by atoms with Gasteiger partial charge in [-0.25, -0.2) is 9.59 Å². The quantitative estimate of drug-likeness (QED) is 0.0882. The highest BCUT2D eigenvalue weighted by atomic mass is 28.4. The molecule has 4 amide bonds. The van der Waals surface area contributed by atoms with Crippen LogP contribution in [0.25, 0.3) is 0 Å². The summed E-state index contributed by atoms with van der Waals surface area (Å²) in [5, 5.41) is 11.4. The normalized spacial score (nSPS) is 18.3. The summed E-state index contributed by atoms with van der Waals surface area (Å²) in [6.07, 6.45) is 1.04. The van der Waals surface area contributed by atoms with Gasteiger partial charge in [-0.1, -0.05) is 0 Å². The SMILES string of the molecule is CCO[Si](CCCNC(=O)NCC1COCCOCCOCCOCCOCCO1)(OCC)OCC.CCO[Si](CCCNC(=O)Nc1ccc2c(c1)OCCOCCOCCOCCOCCO2)(OCC)OCC. The van der Waals surface area contributed by atoms with Crippen LogP contribution in [-0.2, 0) is 73.9 Å². The van der Waals surface area contributed by atoms with E-state index in [1.54, 1.807) is 18.2 Å². The first kappa shape index (κ1) is 68.3. The van der Waals surface area contributed by atoms with Crippen LogP contribution >= 0.6 is 0 Å². The molecule has 2 heterocycles. The van der Waals surface area contributed by atoms with Gasteiger partial charge in [0, 0.05) is 83.1 Å². The molecule has 1 unspecified atom stereocenters. The Labute approximate surface area is 448 Å². The minimum atomic E-state index is -2.73. The number of carbonyl (C=O) groups excluding carboxylic acids is 2. The standard InChI is InChI=1S/C26H46N2O10Si.C23H48N2O10Si/c1-4-36-39(37-5-2,38-6-3)21-7-10-27-26(29)28-23-8-9-24-25(22-23)35-20-18-33-16-14-31-12-11-30-13-15-32-17-19-34-24;1-4-33-36(34-5-2,35-6-3)19-7-8-24-23(26)25-20-22-21-31-16-15-29-12-11-27-9-10-28-13-14-30-17-18-32-22/h8-9,22H,4-7,10-21H2,1-3H3,(H2,27,28,29);22H,4-21H2,1-3H3,(H2,24,25,26). The van der Waals surface area contributed by atoms with Gasteiger partial charge in [-0.2, -0.15) is 0 Å². The molecule has 1 aromatic rings.